The summed E-state index contributed by atoms with van der Waals surface area (Å²) >= 11 is 0. The highest BCUT2D eigenvalue weighted by Crippen LogP contribution is 2.19. The molecule has 21 heavy (non-hydrogen) atoms. The first-order valence-electron chi connectivity index (χ1n) is 7.20. The van der Waals surface area contributed by atoms with Gasteiger partial charge in [-0.05, 0) is 26.0 Å². The summed E-state index contributed by atoms with van der Waals surface area (Å²) in [4.78, 5) is 4.73. The van der Waals surface area contributed by atoms with E-state index in [1.807, 2.05) is 30.8 Å². The van der Waals surface area contributed by atoms with Crippen molar-refractivity contribution < 1.29 is 0 Å². The average Bonchev–Trinajstić information content (AvgIpc) is 2.97. The van der Waals surface area contributed by atoms with Crippen molar-refractivity contribution in [1.29, 1.82) is 0 Å². The number of nitrogens with one attached hydrogen (secondary N) is 1. The van der Waals surface area contributed by atoms with Crippen LogP contribution in [0.1, 0.15) is 30.0 Å². The molecule has 1 atom stereocenters. The Bertz CT molecular complexity index is 768. The Morgan fingerprint density at radius 1 is 1.24 bits per heavy atom. The van der Waals surface area contributed by atoms with Crippen molar-refractivity contribution in [2.75, 3.05) is 0 Å². The van der Waals surface area contributed by atoms with E-state index in [0.29, 0.717) is 0 Å². The molecule has 0 saturated carbocycles. The van der Waals surface area contributed by atoms with E-state index in [2.05, 4.69) is 47.3 Å². The Balaban J connectivity index is 1.79. The summed E-state index contributed by atoms with van der Waals surface area (Å²) in [6, 6.07) is 8.41. The molecule has 0 aliphatic carbocycles. The third kappa shape index (κ3) is 2.56. The molecule has 5 heteroatoms. The highest BCUT2D eigenvalue weighted by molar-refractivity contribution is 5.75. The minimum Gasteiger partial charge on any atom is -0.330 e. The van der Waals surface area contributed by atoms with Gasteiger partial charge in [0.05, 0.1) is 22.8 Å². The van der Waals surface area contributed by atoms with Crippen molar-refractivity contribution >= 4 is 11.0 Å². The second-order valence-electron chi connectivity index (χ2n) is 5.53. The van der Waals surface area contributed by atoms with Gasteiger partial charge in [-0.15, -0.1) is 0 Å². The van der Waals surface area contributed by atoms with Crippen LogP contribution >= 0.6 is 0 Å². The van der Waals surface area contributed by atoms with Gasteiger partial charge in [0.2, 0.25) is 0 Å². The van der Waals surface area contributed by atoms with Crippen LogP contribution in [0.15, 0.2) is 30.5 Å². The van der Waals surface area contributed by atoms with Gasteiger partial charge in [0.1, 0.15) is 5.82 Å². The normalized spacial score (nSPS) is 13.0. The fourth-order valence-corrected chi connectivity index (χ4v) is 2.73. The van der Waals surface area contributed by atoms with Crippen LogP contribution in [-0.4, -0.2) is 19.3 Å². The predicted molar refractivity (Wildman–Crippen MR) is 83.9 cm³/mol. The third-order valence-corrected chi connectivity index (χ3v) is 3.92. The predicted octanol–water partition coefficient (Wildman–Crippen LogP) is 2.47. The Morgan fingerprint density at radius 3 is 2.67 bits per heavy atom. The molecule has 0 radical (unpaired) electrons. The van der Waals surface area contributed by atoms with E-state index in [1.165, 1.54) is 11.1 Å². The standard InChI is InChI=1S/C16H21N5/c1-11-13(10-20(3)19-11)9-17-12(2)16-18-14-7-5-6-8-15(14)21(16)4/h5-8,10,12,17H,9H2,1-4H3. The maximum atomic E-state index is 4.73. The molecule has 0 spiro atoms. The maximum absolute atomic E-state index is 4.73. The van der Waals surface area contributed by atoms with Crippen LogP contribution in [0.3, 0.4) is 0 Å². The number of aromatic nitrogens is 4. The van der Waals surface area contributed by atoms with Gasteiger partial charge >= 0.3 is 0 Å². The molecular weight excluding hydrogens is 262 g/mol. The van der Waals surface area contributed by atoms with Gasteiger partial charge in [-0.1, -0.05) is 12.1 Å². The number of hydrogen-bond donors (Lipinski definition) is 1. The lowest BCUT2D eigenvalue weighted by Crippen LogP contribution is -2.21. The van der Waals surface area contributed by atoms with Crippen molar-refractivity contribution in [3.8, 4) is 0 Å². The largest absolute Gasteiger partial charge is 0.330 e. The number of benzene rings is 1. The van der Waals surface area contributed by atoms with Crippen LogP contribution in [-0.2, 0) is 20.6 Å². The van der Waals surface area contributed by atoms with Gasteiger partial charge in [-0.25, -0.2) is 4.98 Å². The number of rotatable bonds is 4. The zero-order chi connectivity index (χ0) is 15.0. The number of para-hydroxylation sites is 2. The van der Waals surface area contributed by atoms with Crippen LogP contribution in [0.4, 0.5) is 0 Å². The third-order valence-electron chi connectivity index (χ3n) is 3.92. The molecule has 5 nitrogen and oxygen atoms in total. The van der Waals surface area contributed by atoms with Crippen LogP contribution in [0.25, 0.3) is 11.0 Å². The number of imidazole rings is 1. The fraction of sp³-hybridized carbons (Fsp3) is 0.375. The van der Waals surface area contributed by atoms with E-state index < -0.39 is 0 Å². The van der Waals surface area contributed by atoms with Crippen molar-refractivity contribution in [2.45, 2.75) is 26.4 Å². The molecule has 0 fully saturated rings. The molecule has 2 heterocycles. The zero-order valence-corrected chi connectivity index (χ0v) is 13.0. The summed E-state index contributed by atoms with van der Waals surface area (Å²) in [6.45, 7) is 4.98. The second-order valence-corrected chi connectivity index (χ2v) is 5.53. The summed E-state index contributed by atoms with van der Waals surface area (Å²) in [7, 11) is 4.02. The smallest absolute Gasteiger partial charge is 0.126 e. The van der Waals surface area contributed by atoms with E-state index in [-0.39, 0.29) is 6.04 Å². The molecule has 0 saturated heterocycles. The molecule has 1 aromatic carbocycles. The molecule has 3 rings (SSSR count). The molecule has 1 N–H and O–H groups in total. The number of nitrogens with zero attached hydrogens (tertiary/aromatic N) is 4. The molecule has 3 aromatic rings. The Labute approximate surface area is 124 Å². The average molecular weight is 283 g/mol. The lowest BCUT2D eigenvalue weighted by Gasteiger charge is -2.13. The van der Waals surface area contributed by atoms with E-state index in [1.54, 1.807) is 0 Å². The summed E-state index contributed by atoms with van der Waals surface area (Å²) in [5.74, 6) is 1.05. The summed E-state index contributed by atoms with van der Waals surface area (Å²) in [5.41, 5.74) is 4.50. The number of hydrogen-bond acceptors (Lipinski definition) is 3. The highest BCUT2D eigenvalue weighted by Gasteiger charge is 2.14. The van der Waals surface area contributed by atoms with E-state index in [0.717, 1.165) is 23.6 Å². The molecule has 1 unspecified atom stereocenters. The van der Waals surface area contributed by atoms with Gasteiger partial charge in [-0.3, -0.25) is 4.68 Å². The Kier molecular flexibility index (Phi) is 3.51. The molecule has 0 aliphatic heterocycles. The minimum absolute atomic E-state index is 0.182. The summed E-state index contributed by atoms with van der Waals surface area (Å²) < 4.78 is 4.01. The first-order chi connectivity index (χ1) is 10.1. The highest BCUT2D eigenvalue weighted by atomic mass is 15.3. The van der Waals surface area contributed by atoms with Crippen molar-refractivity contribution in [1.82, 2.24) is 24.6 Å². The van der Waals surface area contributed by atoms with Crippen LogP contribution in [0, 0.1) is 6.92 Å². The Hall–Kier alpha value is -2.14. The van der Waals surface area contributed by atoms with Gasteiger partial charge in [-0.2, -0.15) is 5.10 Å². The van der Waals surface area contributed by atoms with Gasteiger partial charge in [0, 0.05) is 32.4 Å². The van der Waals surface area contributed by atoms with Crippen molar-refractivity contribution in [2.24, 2.45) is 14.1 Å². The molecule has 2 aromatic heterocycles. The molecule has 0 bridgehead atoms. The summed E-state index contributed by atoms with van der Waals surface area (Å²) in [5, 5.41) is 7.90. The molecule has 110 valence electrons. The zero-order valence-electron chi connectivity index (χ0n) is 13.0. The summed E-state index contributed by atoms with van der Waals surface area (Å²) in [6.07, 6.45) is 2.06. The molecule has 0 amide bonds. The van der Waals surface area contributed by atoms with E-state index >= 15 is 0 Å². The van der Waals surface area contributed by atoms with Crippen LogP contribution in [0.5, 0.6) is 0 Å². The van der Waals surface area contributed by atoms with Crippen molar-refractivity contribution in [3.05, 3.63) is 47.5 Å². The van der Waals surface area contributed by atoms with Crippen molar-refractivity contribution in [3.63, 3.8) is 0 Å². The number of aryl methyl sites for hydroxylation is 3. The topological polar surface area (TPSA) is 47.7 Å². The maximum Gasteiger partial charge on any atom is 0.126 e. The van der Waals surface area contributed by atoms with Gasteiger partial charge < -0.3 is 9.88 Å². The minimum atomic E-state index is 0.182. The second kappa shape index (κ2) is 5.33. The van der Waals surface area contributed by atoms with Crippen LogP contribution < -0.4 is 5.32 Å². The SMILES string of the molecule is Cc1nn(C)cc1CNC(C)c1nc2ccccc2n1C. The molecular formula is C16H21N5. The van der Waals surface area contributed by atoms with Crippen LogP contribution in [0.2, 0.25) is 0 Å². The monoisotopic (exact) mass is 283 g/mol. The quantitative estimate of drug-likeness (QED) is 0.800. The first-order valence-corrected chi connectivity index (χ1v) is 7.20. The Morgan fingerprint density at radius 2 is 2.00 bits per heavy atom. The first kappa shape index (κ1) is 13.8. The fourth-order valence-electron chi connectivity index (χ4n) is 2.73. The lowest BCUT2D eigenvalue weighted by molar-refractivity contribution is 0.532. The van der Waals surface area contributed by atoms with E-state index in [9.17, 15) is 0 Å². The lowest BCUT2D eigenvalue weighted by atomic mass is 10.2. The van der Waals surface area contributed by atoms with E-state index in [4.69, 9.17) is 4.98 Å². The van der Waals surface area contributed by atoms with Gasteiger partial charge in [0.15, 0.2) is 0 Å². The molecule has 0 aliphatic rings. The van der Waals surface area contributed by atoms with Gasteiger partial charge in [0.25, 0.3) is 0 Å². The number of fused-ring (bicyclic) bond motifs is 1.